The van der Waals surface area contributed by atoms with Gasteiger partial charge in [0.1, 0.15) is 5.75 Å². The highest BCUT2D eigenvalue weighted by Gasteiger charge is 2.06. The minimum Gasteiger partial charge on any atom is -0.493 e. The van der Waals surface area contributed by atoms with Crippen LogP contribution in [0.1, 0.15) is 5.56 Å². The predicted octanol–water partition coefficient (Wildman–Crippen LogP) is 3.16. The topological polar surface area (TPSA) is 56.8 Å². The number of ether oxygens (including phenoxy) is 3. The first kappa shape index (κ1) is 19.0. The Kier molecular flexibility index (Phi) is 7.47. The summed E-state index contributed by atoms with van der Waals surface area (Å²) in [5.41, 5.74) is 1.06. The maximum absolute atomic E-state index is 11.9. The molecular weight excluding hydrogens is 338 g/mol. The van der Waals surface area contributed by atoms with Gasteiger partial charge in [0, 0.05) is 11.4 Å². The van der Waals surface area contributed by atoms with E-state index in [0.29, 0.717) is 30.2 Å². The van der Waals surface area contributed by atoms with Crippen LogP contribution in [0.2, 0.25) is 0 Å². The number of carbonyl (C=O) groups is 1. The molecule has 0 aliphatic carbocycles. The SMILES string of the molecule is COc1ccc(CCNC(=O)COc2ccc(SC)cc2)cc1OC. The summed E-state index contributed by atoms with van der Waals surface area (Å²) in [6, 6.07) is 13.4. The van der Waals surface area contributed by atoms with Crippen LogP contribution in [0.25, 0.3) is 0 Å². The van der Waals surface area contributed by atoms with Crippen molar-refractivity contribution >= 4 is 17.7 Å². The molecule has 0 fully saturated rings. The Morgan fingerprint density at radius 1 is 1.04 bits per heavy atom. The van der Waals surface area contributed by atoms with Crippen LogP contribution in [0, 0.1) is 0 Å². The molecule has 5 nitrogen and oxygen atoms in total. The van der Waals surface area contributed by atoms with Crippen LogP contribution in [-0.4, -0.2) is 39.5 Å². The molecule has 0 saturated heterocycles. The quantitative estimate of drug-likeness (QED) is 0.695. The van der Waals surface area contributed by atoms with Gasteiger partial charge in [-0.2, -0.15) is 0 Å². The second-order valence-electron chi connectivity index (χ2n) is 5.25. The maximum Gasteiger partial charge on any atom is 0.257 e. The van der Waals surface area contributed by atoms with Crippen LogP contribution in [0.5, 0.6) is 17.2 Å². The maximum atomic E-state index is 11.9. The lowest BCUT2D eigenvalue weighted by Crippen LogP contribution is -2.30. The molecule has 0 aliphatic rings. The van der Waals surface area contributed by atoms with Crippen LogP contribution in [-0.2, 0) is 11.2 Å². The Morgan fingerprint density at radius 2 is 1.76 bits per heavy atom. The molecular formula is C19H23NO4S. The molecule has 25 heavy (non-hydrogen) atoms. The van der Waals surface area contributed by atoms with E-state index in [9.17, 15) is 4.79 Å². The van der Waals surface area contributed by atoms with Gasteiger partial charge in [-0.15, -0.1) is 11.8 Å². The van der Waals surface area contributed by atoms with E-state index in [1.807, 2.05) is 48.7 Å². The molecule has 0 saturated carbocycles. The van der Waals surface area contributed by atoms with Gasteiger partial charge >= 0.3 is 0 Å². The molecule has 0 unspecified atom stereocenters. The Labute approximate surface area is 152 Å². The number of thioether (sulfide) groups is 1. The first-order valence-electron chi connectivity index (χ1n) is 7.90. The van der Waals surface area contributed by atoms with E-state index >= 15 is 0 Å². The van der Waals surface area contributed by atoms with Crippen LogP contribution in [0.3, 0.4) is 0 Å². The lowest BCUT2D eigenvalue weighted by Gasteiger charge is -2.10. The highest BCUT2D eigenvalue weighted by molar-refractivity contribution is 7.98. The lowest BCUT2D eigenvalue weighted by atomic mass is 10.1. The fourth-order valence-electron chi connectivity index (χ4n) is 2.25. The number of rotatable bonds is 9. The van der Waals surface area contributed by atoms with Gasteiger partial charge in [-0.1, -0.05) is 6.07 Å². The van der Waals surface area contributed by atoms with Crippen molar-refractivity contribution in [1.29, 1.82) is 0 Å². The minimum atomic E-state index is -0.144. The van der Waals surface area contributed by atoms with E-state index in [1.54, 1.807) is 26.0 Å². The van der Waals surface area contributed by atoms with Crippen molar-refractivity contribution < 1.29 is 19.0 Å². The number of hydrogen-bond acceptors (Lipinski definition) is 5. The summed E-state index contributed by atoms with van der Waals surface area (Å²) < 4.78 is 16.0. The number of carbonyl (C=O) groups excluding carboxylic acids is 1. The molecule has 1 N–H and O–H groups in total. The molecule has 0 aromatic heterocycles. The molecule has 0 radical (unpaired) electrons. The van der Waals surface area contributed by atoms with E-state index in [-0.39, 0.29) is 12.5 Å². The van der Waals surface area contributed by atoms with Crippen LogP contribution >= 0.6 is 11.8 Å². The largest absolute Gasteiger partial charge is 0.493 e. The molecule has 2 aromatic carbocycles. The minimum absolute atomic E-state index is 0.00451. The number of nitrogens with one attached hydrogen (secondary N) is 1. The van der Waals surface area contributed by atoms with Crippen molar-refractivity contribution in [2.75, 3.05) is 33.6 Å². The van der Waals surface area contributed by atoms with Crippen LogP contribution in [0.15, 0.2) is 47.4 Å². The normalized spacial score (nSPS) is 10.2. The van der Waals surface area contributed by atoms with Crippen molar-refractivity contribution in [1.82, 2.24) is 5.32 Å². The fourth-order valence-corrected chi connectivity index (χ4v) is 2.66. The molecule has 2 aromatic rings. The van der Waals surface area contributed by atoms with E-state index < -0.39 is 0 Å². The molecule has 0 spiro atoms. The summed E-state index contributed by atoms with van der Waals surface area (Å²) in [6.45, 7) is 0.535. The number of hydrogen-bond donors (Lipinski definition) is 1. The highest BCUT2D eigenvalue weighted by atomic mass is 32.2. The number of methoxy groups -OCH3 is 2. The van der Waals surface area contributed by atoms with Crippen molar-refractivity contribution in [3.05, 3.63) is 48.0 Å². The number of benzene rings is 2. The molecule has 6 heteroatoms. The average Bonchev–Trinajstić information content (AvgIpc) is 2.66. The summed E-state index contributed by atoms with van der Waals surface area (Å²) in [4.78, 5) is 13.0. The zero-order chi connectivity index (χ0) is 18.1. The number of amides is 1. The molecule has 1 amide bonds. The van der Waals surface area contributed by atoms with Gasteiger partial charge in [-0.05, 0) is 54.6 Å². The van der Waals surface area contributed by atoms with Gasteiger partial charge in [-0.3, -0.25) is 4.79 Å². The summed E-state index contributed by atoms with van der Waals surface area (Å²) in [7, 11) is 3.21. The Hall–Kier alpha value is -2.34. The summed E-state index contributed by atoms with van der Waals surface area (Å²) >= 11 is 1.66. The second kappa shape index (κ2) is 9.84. The summed E-state index contributed by atoms with van der Waals surface area (Å²) in [5.74, 6) is 1.92. The van der Waals surface area contributed by atoms with E-state index in [0.717, 1.165) is 10.5 Å². The van der Waals surface area contributed by atoms with E-state index in [2.05, 4.69) is 5.32 Å². The van der Waals surface area contributed by atoms with Gasteiger partial charge in [0.2, 0.25) is 0 Å². The van der Waals surface area contributed by atoms with Gasteiger partial charge in [0.15, 0.2) is 18.1 Å². The smallest absolute Gasteiger partial charge is 0.257 e. The van der Waals surface area contributed by atoms with Gasteiger partial charge in [0.25, 0.3) is 5.91 Å². The monoisotopic (exact) mass is 361 g/mol. The van der Waals surface area contributed by atoms with E-state index in [1.165, 1.54) is 0 Å². The Bertz CT molecular complexity index is 688. The standard InChI is InChI=1S/C19H23NO4S/c1-22-17-9-4-14(12-18(17)23-2)10-11-20-19(21)13-24-15-5-7-16(25-3)8-6-15/h4-9,12H,10-11,13H2,1-3H3,(H,20,21). The molecule has 0 heterocycles. The summed E-state index contributed by atoms with van der Waals surface area (Å²) in [5, 5.41) is 2.85. The third-order valence-electron chi connectivity index (χ3n) is 3.61. The van der Waals surface area contributed by atoms with Crippen LogP contribution < -0.4 is 19.5 Å². The van der Waals surface area contributed by atoms with Crippen molar-refractivity contribution in [3.63, 3.8) is 0 Å². The fraction of sp³-hybridized carbons (Fsp3) is 0.316. The van der Waals surface area contributed by atoms with Gasteiger partial charge in [-0.25, -0.2) is 0 Å². The molecule has 134 valence electrons. The summed E-state index contributed by atoms with van der Waals surface area (Å²) in [6.07, 6.45) is 2.72. The Morgan fingerprint density at radius 3 is 2.40 bits per heavy atom. The lowest BCUT2D eigenvalue weighted by molar-refractivity contribution is -0.123. The molecule has 0 aliphatic heterocycles. The van der Waals surface area contributed by atoms with Gasteiger partial charge in [0.05, 0.1) is 14.2 Å². The molecule has 0 atom stereocenters. The third-order valence-corrected chi connectivity index (χ3v) is 4.36. The van der Waals surface area contributed by atoms with E-state index in [4.69, 9.17) is 14.2 Å². The predicted molar refractivity (Wildman–Crippen MR) is 100.0 cm³/mol. The average molecular weight is 361 g/mol. The Balaban J connectivity index is 1.74. The zero-order valence-corrected chi connectivity index (χ0v) is 15.5. The van der Waals surface area contributed by atoms with Crippen LogP contribution in [0.4, 0.5) is 0 Å². The first-order valence-corrected chi connectivity index (χ1v) is 9.13. The van der Waals surface area contributed by atoms with Crippen molar-refractivity contribution in [3.8, 4) is 17.2 Å². The molecule has 0 bridgehead atoms. The zero-order valence-electron chi connectivity index (χ0n) is 14.7. The van der Waals surface area contributed by atoms with Gasteiger partial charge < -0.3 is 19.5 Å². The highest BCUT2D eigenvalue weighted by Crippen LogP contribution is 2.27. The molecule has 2 rings (SSSR count). The van der Waals surface area contributed by atoms with Crippen molar-refractivity contribution in [2.45, 2.75) is 11.3 Å². The third kappa shape index (κ3) is 5.90. The van der Waals surface area contributed by atoms with Crippen molar-refractivity contribution in [2.24, 2.45) is 0 Å². The first-order chi connectivity index (χ1) is 12.2. The second-order valence-corrected chi connectivity index (χ2v) is 6.13.